The Morgan fingerprint density at radius 3 is 2.44 bits per heavy atom. The third-order valence-corrected chi connectivity index (χ3v) is 5.92. The summed E-state index contributed by atoms with van der Waals surface area (Å²) in [5, 5.41) is 0. The molecule has 0 amide bonds. The molecule has 0 spiro atoms. The third kappa shape index (κ3) is 3.58. The molecule has 136 valence electrons. The molecule has 4 rings (SSSR count). The fourth-order valence-corrected chi connectivity index (χ4v) is 4.23. The van der Waals surface area contributed by atoms with Crippen molar-refractivity contribution in [2.24, 2.45) is 0 Å². The van der Waals surface area contributed by atoms with Gasteiger partial charge in [0.05, 0.1) is 20.8 Å². The minimum absolute atomic E-state index is 0.00296. The Kier molecular flexibility index (Phi) is 4.23. The van der Waals surface area contributed by atoms with Gasteiger partial charge < -0.3 is 5.73 Å². The van der Waals surface area contributed by atoms with Crippen LogP contribution in [0.2, 0.25) is 0 Å². The summed E-state index contributed by atoms with van der Waals surface area (Å²) >= 11 is 1.56. The Morgan fingerprint density at radius 1 is 1.00 bits per heavy atom. The summed E-state index contributed by atoms with van der Waals surface area (Å²) in [6, 6.07) is 17.8. The predicted molar refractivity (Wildman–Crippen MR) is 115 cm³/mol. The van der Waals surface area contributed by atoms with Crippen molar-refractivity contribution >= 4 is 27.2 Å². The SMILES string of the molecule is CC(C)(C)c1ccc(Cc2cc3nc4ccc(=O)cc-4sc3cc2N)cc1. The lowest BCUT2D eigenvalue weighted by Gasteiger charge is -2.19. The van der Waals surface area contributed by atoms with Gasteiger partial charge in [-0.05, 0) is 52.8 Å². The van der Waals surface area contributed by atoms with Crippen LogP contribution in [-0.4, -0.2) is 4.98 Å². The zero-order valence-corrected chi connectivity index (χ0v) is 16.6. The molecular weight excluding hydrogens is 352 g/mol. The number of aromatic nitrogens is 1. The molecule has 4 heteroatoms. The molecule has 0 fully saturated rings. The molecule has 2 aromatic rings. The standard InChI is InChI=1S/C23H22N2OS/c1-23(2,3)16-6-4-14(5-7-16)10-15-11-20-22(13-18(15)24)27-21-12-17(26)8-9-19(21)25-20/h4-9,11-13H,10,24H2,1-3H3. The van der Waals surface area contributed by atoms with Gasteiger partial charge in [0.25, 0.3) is 0 Å². The number of hydrogen-bond acceptors (Lipinski definition) is 4. The lowest BCUT2D eigenvalue weighted by molar-refractivity contribution is 0.590. The average Bonchev–Trinajstić information content (AvgIpc) is 2.60. The first-order chi connectivity index (χ1) is 12.8. The van der Waals surface area contributed by atoms with E-state index in [0.29, 0.717) is 0 Å². The number of rotatable bonds is 2. The Labute approximate surface area is 162 Å². The number of nitrogen functional groups attached to an aromatic ring is 1. The largest absolute Gasteiger partial charge is 0.398 e. The van der Waals surface area contributed by atoms with Gasteiger partial charge >= 0.3 is 0 Å². The summed E-state index contributed by atoms with van der Waals surface area (Å²) in [6.45, 7) is 6.66. The number of fused-ring (bicyclic) bond motifs is 2. The molecule has 0 bridgehead atoms. The van der Waals surface area contributed by atoms with Gasteiger partial charge in [-0.25, -0.2) is 4.98 Å². The highest BCUT2D eigenvalue weighted by Crippen LogP contribution is 2.32. The van der Waals surface area contributed by atoms with Gasteiger partial charge in [-0.15, -0.1) is 11.3 Å². The zero-order valence-electron chi connectivity index (χ0n) is 15.7. The van der Waals surface area contributed by atoms with Crippen LogP contribution in [0.3, 0.4) is 0 Å². The first kappa shape index (κ1) is 17.7. The summed E-state index contributed by atoms with van der Waals surface area (Å²) in [5.41, 5.74) is 12.6. The summed E-state index contributed by atoms with van der Waals surface area (Å²) in [4.78, 5) is 17.2. The van der Waals surface area contributed by atoms with E-state index in [-0.39, 0.29) is 10.8 Å². The van der Waals surface area contributed by atoms with Crippen molar-refractivity contribution in [2.45, 2.75) is 32.6 Å². The Morgan fingerprint density at radius 2 is 1.74 bits per heavy atom. The number of benzene rings is 3. The molecule has 2 aromatic carbocycles. The van der Waals surface area contributed by atoms with Crippen LogP contribution < -0.4 is 11.2 Å². The second kappa shape index (κ2) is 6.46. The van der Waals surface area contributed by atoms with Crippen molar-refractivity contribution in [2.75, 3.05) is 5.73 Å². The van der Waals surface area contributed by atoms with Crippen LogP contribution in [-0.2, 0) is 11.8 Å². The number of hydrogen-bond donors (Lipinski definition) is 1. The van der Waals surface area contributed by atoms with E-state index in [1.807, 2.05) is 6.07 Å². The summed E-state index contributed by atoms with van der Waals surface area (Å²) in [6.07, 6.45) is 0.774. The van der Waals surface area contributed by atoms with Gasteiger partial charge in [0.15, 0.2) is 5.43 Å². The molecule has 3 nitrogen and oxygen atoms in total. The van der Waals surface area contributed by atoms with Crippen LogP contribution in [0.25, 0.3) is 20.8 Å². The van der Waals surface area contributed by atoms with E-state index < -0.39 is 0 Å². The van der Waals surface area contributed by atoms with Crippen LogP contribution in [0.4, 0.5) is 5.69 Å². The van der Waals surface area contributed by atoms with Crippen LogP contribution in [0, 0.1) is 0 Å². The molecule has 0 unspecified atom stereocenters. The smallest absolute Gasteiger partial charge is 0.180 e. The Balaban J connectivity index is 1.73. The van der Waals surface area contributed by atoms with Gasteiger partial charge in [-0.2, -0.15) is 0 Å². The van der Waals surface area contributed by atoms with Crippen LogP contribution in [0.5, 0.6) is 0 Å². The summed E-state index contributed by atoms with van der Waals surface area (Å²) < 4.78 is 0.998. The minimum Gasteiger partial charge on any atom is -0.398 e. The van der Waals surface area contributed by atoms with Gasteiger partial charge in [-0.3, -0.25) is 4.79 Å². The molecule has 1 heterocycles. The highest BCUT2D eigenvalue weighted by molar-refractivity contribution is 7.21. The number of nitrogens with two attached hydrogens (primary N) is 1. The van der Waals surface area contributed by atoms with E-state index in [0.717, 1.165) is 38.5 Å². The quantitative estimate of drug-likeness (QED) is 0.386. The van der Waals surface area contributed by atoms with Crippen molar-refractivity contribution < 1.29 is 0 Å². The second-order valence-electron chi connectivity index (χ2n) is 7.99. The van der Waals surface area contributed by atoms with Gasteiger partial charge in [0.2, 0.25) is 0 Å². The lowest BCUT2D eigenvalue weighted by atomic mass is 9.86. The van der Waals surface area contributed by atoms with Crippen LogP contribution >= 0.6 is 11.3 Å². The van der Waals surface area contributed by atoms with E-state index in [4.69, 9.17) is 10.7 Å². The molecular formula is C23H22N2OS. The predicted octanol–water partition coefficient (Wildman–Crippen LogP) is 5.23. The molecule has 1 aliphatic heterocycles. The van der Waals surface area contributed by atoms with Crippen molar-refractivity contribution in [1.29, 1.82) is 0 Å². The maximum absolute atomic E-state index is 11.6. The lowest BCUT2D eigenvalue weighted by Crippen LogP contribution is -2.10. The molecule has 0 atom stereocenters. The molecule has 2 aliphatic rings. The maximum atomic E-state index is 11.6. The van der Waals surface area contributed by atoms with E-state index in [2.05, 4.69) is 51.1 Å². The fourth-order valence-electron chi connectivity index (χ4n) is 3.21. The maximum Gasteiger partial charge on any atom is 0.180 e. The Bertz CT molecular complexity index is 1150. The van der Waals surface area contributed by atoms with Crippen molar-refractivity contribution in [3.05, 3.63) is 81.5 Å². The Hall–Kier alpha value is -2.72. The van der Waals surface area contributed by atoms with Crippen molar-refractivity contribution in [3.63, 3.8) is 0 Å². The first-order valence-corrected chi connectivity index (χ1v) is 9.84. The molecule has 0 aromatic heterocycles. The molecule has 0 saturated heterocycles. The third-order valence-electron chi connectivity index (χ3n) is 4.83. The molecule has 27 heavy (non-hydrogen) atoms. The van der Waals surface area contributed by atoms with Crippen molar-refractivity contribution in [3.8, 4) is 10.6 Å². The number of nitrogens with zero attached hydrogens (tertiary/aromatic N) is 1. The van der Waals surface area contributed by atoms with Gasteiger partial charge in [-0.1, -0.05) is 45.0 Å². The minimum atomic E-state index is 0.00296. The zero-order chi connectivity index (χ0) is 19.2. The summed E-state index contributed by atoms with van der Waals surface area (Å²) in [5.74, 6) is 0. The van der Waals surface area contributed by atoms with Gasteiger partial charge in [0.1, 0.15) is 0 Å². The molecule has 2 N–H and O–H groups in total. The van der Waals surface area contributed by atoms with Crippen LogP contribution in [0.15, 0.2) is 59.4 Å². The first-order valence-electron chi connectivity index (χ1n) is 9.02. The van der Waals surface area contributed by atoms with Gasteiger partial charge in [0, 0.05) is 11.8 Å². The topological polar surface area (TPSA) is 56.0 Å². The van der Waals surface area contributed by atoms with E-state index in [9.17, 15) is 4.79 Å². The second-order valence-corrected chi connectivity index (χ2v) is 9.07. The fraction of sp³-hybridized carbons (Fsp3) is 0.217. The van der Waals surface area contributed by atoms with Crippen molar-refractivity contribution in [1.82, 2.24) is 4.98 Å². The highest BCUT2D eigenvalue weighted by atomic mass is 32.1. The average molecular weight is 375 g/mol. The summed E-state index contributed by atoms with van der Waals surface area (Å²) in [7, 11) is 0. The van der Waals surface area contributed by atoms with E-state index in [1.54, 1.807) is 29.5 Å². The van der Waals surface area contributed by atoms with E-state index in [1.165, 1.54) is 11.1 Å². The normalized spacial score (nSPS) is 12.0. The molecule has 1 aliphatic carbocycles. The molecule has 0 radical (unpaired) electrons. The highest BCUT2D eigenvalue weighted by Gasteiger charge is 2.14. The molecule has 0 saturated carbocycles. The van der Waals surface area contributed by atoms with E-state index >= 15 is 0 Å². The van der Waals surface area contributed by atoms with Crippen LogP contribution in [0.1, 0.15) is 37.5 Å². The number of anilines is 1. The monoisotopic (exact) mass is 374 g/mol.